The van der Waals surface area contributed by atoms with Crippen molar-refractivity contribution in [3.63, 3.8) is 0 Å². The van der Waals surface area contributed by atoms with Gasteiger partial charge in [-0.15, -0.1) is 0 Å². The summed E-state index contributed by atoms with van der Waals surface area (Å²) >= 11 is 0. The molecule has 0 atom stereocenters. The number of hydrogen-bond donors (Lipinski definition) is 2. The van der Waals surface area contributed by atoms with Crippen LogP contribution in [0.1, 0.15) is 5.56 Å². The highest BCUT2D eigenvalue weighted by Gasteiger charge is 2.07. The molecule has 0 heterocycles. The number of benzene rings is 2. The first-order valence-electron chi connectivity index (χ1n) is 5.66. The molecule has 4 heteroatoms. The zero-order valence-corrected chi connectivity index (χ0v) is 10.2. The molecule has 18 heavy (non-hydrogen) atoms. The Balaban J connectivity index is 2.53. The number of anilines is 1. The molecule has 0 bridgehead atoms. The molecule has 0 spiro atoms. The lowest BCUT2D eigenvalue weighted by Crippen LogP contribution is -1.93. The zero-order valence-electron chi connectivity index (χ0n) is 10.2. The maximum atomic E-state index is 8.93. The summed E-state index contributed by atoms with van der Waals surface area (Å²) in [6.07, 6.45) is 0.481. The van der Waals surface area contributed by atoms with Crippen LogP contribution in [0, 0.1) is 0 Å². The van der Waals surface area contributed by atoms with Crippen LogP contribution >= 0.6 is 0 Å². The molecule has 2 aromatic carbocycles. The standard InChI is InChI=1S/C14H14BNO2/c1-18-14-6-5-10(9-15)7-13(14)11-3-2-4-12(8-11)16-17/h2-8,16-17H,9H2,1H3. The molecule has 2 N–H and O–H groups in total. The first-order valence-corrected chi connectivity index (χ1v) is 5.66. The second kappa shape index (κ2) is 5.60. The van der Waals surface area contributed by atoms with E-state index < -0.39 is 0 Å². The van der Waals surface area contributed by atoms with Crippen molar-refractivity contribution in [3.05, 3.63) is 48.0 Å². The first-order chi connectivity index (χ1) is 8.78. The summed E-state index contributed by atoms with van der Waals surface area (Å²) in [5.74, 6) is 0.780. The molecule has 2 rings (SSSR count). The molecule has 0 amide bonds. The minimum atomic E-state index is 0.481. The summed E-state index contributed by atoms with van der Waals surface area (Å²) in [6, 6.07) is 13.3. The molecule has 0 aromatic heterocycles. The van der Waals surface area contributed by atoms with Crippen molar-refractivity contribution in [2.24, 2.45) is 0 Å². The van der Waals surface area contributed by atoms with Crippen molar-refractivity contribution in [2.45, 2.75) is 6.32 Å². The van der Waals surface area contributed by atoms with Crippen LogP contribution in [-0.4, -0.2) is 20.2 Å². The van der Waals surface area contributed by atoms with Gasteiger partial charge in [0.25, 0.3) is 0 Å². The van der Waals surface area contributed by atoms with Gasteiger partial charge in [-0.1, -0.05) is 30.1 Å². The highest BCUT2D eigenvalue weighted by Crippen LogP contribution is 2.32. The first kappa shape index (κ1) is 12.5. The van der Waals surface area contributed by atoms with Gasteiger partial charge in [0, 0.05) is 5.56 Å². The molecule has 0 aliphatic rings. The Hall–Kier alpha value is -1.94. The van der Waals surface area contributed by atoms with Crippen molar-refractivity contribution in [3.8, 4) is 16.9 Å². The quantitative estimate of drug-likeness (QED) is 0.636. The Bertz CT molecular complexity index is 543. The summed E-state index contributed by atoms with van der Waals surface area (Å²) in [5, 5.41) is 8.93. The fourth-order valence-electron chi connectivity index (χ4n) is 1.86. The summed E-state index contributed by atoms with van der Waals surface area (Å²) < 4.78 is 5.35. The lowest BCUT2D eigenvalue weighted by molar-refractivity contribution is 0.389. The highest BCUT2D eigenvalue weighted by molar-refractivity contribution is 6.08. The Morgan fingerprint density at radius 2 is 2.06 bits per heavy atom. The van der Waals surface area contributed by atoms with E-state index in [4.69, 9.17) is 17.8 Å². The van der Waals surface area contributed by atoms with E-state index in [1.165, 1.54) is 0 Å². The number of hydrogen-bond acceptors (Lipinski definition) is 3. The molecule has 2 radical (unpaired) electrons. The van der Waals surface area contributed by atoms with Crippen molar-refractivity contribution >= 4 is 13.5 Å². The van der Waals surface area contributed by atoms with Crippen LogP contribution in [0.2, 0.25) is 0 Å². The van der Waals surface area contributed by atoms with E-state index in [-0.39, 0.29) is 0 Å². The van der Waals surface area contributed by atoms with Crippen LogP contribution in [-0.2, 0) is 6.32 Å². The smallest absolute Gasteiger partial charge is 0.126 e. The monoisotopic (exact) mass is 239 g/mol. The average Bonchev–Trinajstić information content (AvgIpc) is 2.46. The molecule has 90 valence electrons. The second-order valence-corrected chi connectivity index (χ2v) is 3.93. The molecular formula is C14H14BNO2. The van der Waals surface area contributed by atoms with Crippen LogP contribution in [0.3, 0.4) is 0 Å². The summed E-state index contributed by atoms with van der Waals surface area (Å²) in [7, 11) is 7.29. The van der Waals surface area contributed by atoms with E-state index in [9.17, 15) is 0 Å². The molecule has 0 aliphatic heterocycles. The number of rotatable bonds is 4. The summed E-state index contributed by atoms with van der Waals surface area (Å²) in [5.41, 5.74) is 5.72. The fraction of sp³-hybridized carbons (Fsp3) is 0.143. The highest BCUT2D eigenvalue weighted by atomic mass is 16.5. The summed E-state index contributed by atoms with van der Waals surface area (Å²) in [6.45, 7) is 0. The Labute approximate surface area is 108 Å². The minimum Gasteiger partial charge on any atom is -0.496 e. The van der Waals surface area contributed by atoms with Gasteiger partial charge >= 0.3 is 0 Å². The van der Waals surface area contributed by atoms with Gasteiger partial charge in [-0.05, 0) is 29.8 Å². The zero-order chi connectivity index (χ0) is 13.0. The second-order valence-electron chi connectivity index (χ2n) is 3.93. The van der Waals surface area contributed by atoms with Gasteiger partial charge < -0.3 is 4.74 Å². The Morgan fingerprint density at radius 1 is 1.22 bits per heavy atom. The van der Waals surface area contributed by atoms with Crippen molar-refractivity contribution in [1.82, 2.24) is 0 Å². The van der Waals surface area contributed by atoms with E-state index in [2.05, 4.69) is 5.48 Å². The maximum Gasteiger partial charge on any atom is 0.126 e. The van der Waals surface area contributed by atoms with Crippen LogP contribution in [0.25, 0.3) is 11.1 Å². The molecule has 0 fully saturated rings. The number of nitrogens with one attached hydrogen (secondary N) is 1. The van der Waals surface area contributed by atoms with E-state index in [0.29, 0.717) is 12.0 Å². The van der Waals surface area contributed by atoms with E-state index in [1.807, 2.05) is 36.4 Å². The van der Waals surface area contributed by atoms with E-state index in [0.717, 1.165) is 22.4 Å². The van der Waals surface area contributed by atoms with Crippen LogP contribution in [0.5, 0.6) is 5.75 Å². The minimum absolute atomic E-state index is 0.481. The third kappa shape index (κ3) is 2.49. The molecule has 0 aliphatic carbocycles. The topological polar surface area (TPSA) is 41.5 Å². The van der Waals surface area contributed by atoms with Crippen molar-refractivity contribution in [1.29, 1.82) is 0 Å². The molecule has 0 saturated carbocycles. The number of ether oxygens (including phenoxy) is 1. The molecule has 2 aromatic rings. The molecular weight excluding hydrogens is 225 g/mol. The van der Waals surface area contributed by atoms with Gasteiger partial charge in [0.15, 0.2) is 0 Å². The maximum absolute atomic E-state index is 8.93. The molecule has 3 nitrogen and oxygen atoms in total. The van der Waals surface area contributed by atoms with E-state index in [1.54, 1.807) is 13.2 Å². The predicted molar refractivity (Wildman–Crippen MR) is 73.3 cm³/mol. The fourth-order valence-corrected chi connectivity index (χ4v) is 1.86. The lowest BCUT2D eigenvalue weighted by Gasteiger charge is -2.11. The van der Waals surface area contributed by atoms with Gasteiger partial charge in [-0.2, -0.15) is 0 Å². The summed E-state index contributed by atoms with van der Waals surface area (Å²) in [4.78, 5) is 0. The van der Waals surface area contributed by atoms with Gasteiger partial charge in [0.1, 0.15) is 5.75 Å². The average molecular weight is 239 g/mol. The Morgan fingerprint density at radius 3 is 2.72 bits per heavy atom. The third-order valence-corrected chi connectivity index (χ3v) is 2.80. The van der Waals surface area contributed by atoms with Gasteiger partial charge in [0.05, 0.1) is 20.6 Å². The van der Waals surface area contributed by atoms with Gasteiger partial charge in [0.2, 0.25) is 0 Å². The normalized spacial score (nSPS) is 10.1. The number of methoxy groups -OCH3 is 1. The van der Waals surface area contributed by atoms with Crippen LogP contribution in [0.15, 0.2) is 42.5 Å². The Kier molecular flexibility index (Phi) is 3.90. The SMILES string of the molecule is [B]Cc1ccc(OC)c(-c2cccc(NO)c2)c1. The van der Waals surface area contributed by atoms with Gasteiger partial charge in [-0.25, -0.2) is 0 Å². The van der Waals surface area contributed by atoms with E-state index >= 15 is 0 Å². The van der Waals surface area contributed by atoms with Crippen LogP contribution < -0.4 is 10.2 Å². The molecule has 0 saturated heterocycles. The predicted octanol–water partition coefficient (Wildman–Crippen LogP) is 2.83. The van der Waals surface area contributed by atoms with Crippen molar-refractivity contribution in [2.75, 3.05) is 12.6 Å². The van der Waals surface area contributed by atoms with Gasteiger partial charge in [-0.3, -0.25) is 10.7 Å². The lowest BCUT2D eigenvalue weighted by atomic mass is 9.93. The largest absolute Gasteiger partial charge is 0.496 e. The van der Waals surface area contributed by atoms with Crippen LogP contribution in [0.4, 0.5) is 5.69 Å². The third-order valence-electron chi connectivity index (χ3n) is 2.80. The van der Waals surface area contributed by atoms with Crippen molar-refractivity contribution < 1.29 is 9.94 Å². The molecule has 0 unspecified atom stereocenters.